The van der Waals surface area contributed by atoms with Gasteiger partial charge in [0.15, 0.2) is 0 Å². The van der Waals surface area contributed by atoms with E-state index in [1.807, 2.05) is 0 Å². The van der Waals surface area contributed by atoms with E-state index in [4.69, 9.17) is 28.4 Å². The van der Waals surface area contributed by atoms with E-state index in [0.29, 0.717) is 31.4 Å². The van der Waals surface area contributed by atoms with E-state index in [0.717, 1.165) is 26.1 Å². The summed E-state index contributed by atoms with van der Waals surface area (Å²) in [6, 6.07) is -1.32. The molecule has 0 aromatic carbocycles. The van der Waals surface area contributed by atoms with Crippen LogP contribution in [-0.2, 0) is 42.8 Å². The second kappa shape index (κ2) is 17.8. The van der Waals surface area contributed by atoms with Crippen molar-refractivity contribution in [1.29, 1.82) is 0 Å². The molecule has 0 radical (unpaired) electrons. The Morgan fingerprint density at radius 1 is 0.892 bits per heavy atom. The van der Waals surface area contributed by atoms with Gasteiger partial charge >= 0.3 is 29.3 Å². The molecule has 1 fully saturated rings. The lowest BCUT2D eigenvalue weighted by molar-refractivity contribution is -0.153. The third kappa shape index (κ3) is 14.1. The molecule has 1 rings (SSSR count). The fourth-order valence-electron chi connectivity index (χ4n) is 2.99. The molecular weight excluding hydrogens is 512 g/mol. The van der Waals surface area contributed by atoms with Gasteiger partial charge in [-0.15, -0.1) is 0 Å². The minimum atomic E-state index is -1.32. The lowest BCUT2D eigenvalue weighted by Crippen LogP contribution is -2.54. The molecule has 0 aliphatic carbocycles. The number of alkyl carbamates (subject to hydrolysis) is 1. The Morgan fingerprint density at radius 3 is 2.08 bits per heavy atom. The molecular formula is C23H38N2O11S. The Morgan fingerprint density at radius 2 is 1.49 bits per heavy atom. The van der Waals surface area contributed by atoms with Crippen molar-refractivity contribution in [1.82, 2.24) is 10.2 Å². The first-order valence-electron chi connectivity index (χ1n) is 12.2. The molecule has 0 unspecified atom stereocenters. The second-order valence-electron chi connectivity index (χ2n) is 8.41. The average molecular weight is 551 g/mol. The maximum atomic E-state index is 12.9. The van der Waals surface area contributed by atoms with Gasteiger partial charge in [-0.25, -0.2) is 14.4 Å². The zero-order valence-corrected chi connectivity index (χ0v) is 22.7. The first kappa shape index (κ1) is 32.4. The zero-order valence-electron chi connectivity index (χ0n) is 21.9. The number of amides is 1. The average Bonchev–Trinajstić information content (AvgIpc) is 2.86. The Kier molecular flexibility index (Phi) is 15.6. The number of esters is 3. The monoisotopic (exact) mass is 550 g/mol. The fraction of sp³-hybridized carbons (Fsp3) is 0.783. The van der Waals surface area contributed by atoms with Crippen molar-refractivity contribution in [2.45, 2.75) is 64.2 Å². The fourth-order valence-corrected chi connectivity index (χ4v) is 3.80. The van der Waals surface area contributed by atoms with Crippen molar-refractivity contribution in [2.24, 2.45) is 0 Å². The van der Waals surface area contributed by atoms with Crippen LogP contribution >= 0.6 is 11.8 Å². The van der Waals surface area contributed by atoms with E-state index in [1.165, 1.54) is 13.8 Å². The Balaban J connectivity index is 2.66. The number of carbonyl (C=O) groups is 5. The van der Waals surface area contributed by atoms with Crippen LogP contribution in [0.4, 0.5) is 9.59 Å². The van der Waals surface area contributed by atoms with Crippen molar-refractivity contribution in [3.05, 3.63) is 0 Å². The number of ether oxygens (including phenoxy) is 6. The second-order valence-corrected chi connectivity index (χ2v) is 10.0. The lowest BCUT2D eigenvalue weighted by Gasteiger charge is -2.31. The van der Waals surface area contributed by atoms with Gasteiger partial charge in [0.05, 0.1) is 24.6 Å². The van der Waals surface area contributed by atoms with E-state index in [9.17, 15) is 24.0 Å². The van der Waals surface area contributed by atoms with Crippen LogP contribution in [0.15, 0.2) is 0 Å². The van der Waals surface area contributed by atoms with Gasteiger partial charge in [-0.1, -0.05) is 13.8 Å². The number of carbonyl (C=O) groups excluding carboxylic acids is 5. The topological polar surface area (TPSA) is 156 Å². The summed E-state index contributed by atoms with van der Waals surface area (Å²) in [5, 5.41) is 1.54. The van der Waals surface area contributed by atoms with Crippen molar-refractivity contribution >= 4 is 41.1 Å². The molecule has 0 aromatic heterocycles. The lowest BCUT2D eigenvalue weighted by atomic mass is 10.0. The SMILES string of the molecule is CCC(=O)OCOC(=O)N[C@@H](C(=O)OCCCCN1CCOCC1)C(C)(C)SC(=O)OCOC(=O)CC. The molecule has 14 heteroatoms. The van der Waals surface area contributed by atoms with E-state index >= 15 is 0 Å². The van der Waals surface area contributed by atoms with Crippen LogP contribution in [0.2, 0.25) is 0 Å². The maximum Gasteiger partial charge on any atom is 0.410 e. The van der Waals surface area contributed by atoms with E-state index in [-0.39, 0.29) is 19.4 Å². The minimum Gasteiger partial charge on any atom is -0.464 e. The number of nitrogens with zero attached hydrogens (tertiary/aromatic N) is 1. The number of unbranched alkanes of at least 4 members (excludes halogenated alkanes) is 1. The van der Waals surface area contributed by atoms with Crippen molar-refractivity contribution in [3.63, 3.8) is 0 Å². The summed E-state index contributed by atoms with van der Waals surface area (Å²) in [6.45, 7) is 9.10. The molecule has 1 atom stereocenters. The molecule has 1 saturated heterocycles. The number of morpholine rings is 1. The van der Waals surface area contributed by atoms with Gasteiger partial charge in [-0.05, 0) is 45.0 Å². The summed E-state index contributed by atoms with van der Waals surface area (Å²) in [4.78, 5) is 62.1. The van der Waals surface area contributed by atoms with E-state index in [2.05, 4.69) is 10.2 Å². The number of hydrogen-bond acceptors (Lipinski definition) is 13. The smallest absolute Gasteiger partial charge is 0.410 e. The number of hydrogen-bond donors (Lipinski definition) is 1. The maximum absolute atomic E-state index is 12.9. The van der Waals surface area contributed by atoms with Crippen molar-refractivity contribution in [2.75, 3.05) is 53.0 Å². The molecule has 1 aliphatic heterocycles. The quantitative estimate of drug-likeness (QED) is 0.137. The molecule has 37 heavy (non-hydrogen) atoms. The van der Waals surface area contributed by atoms with Crippen LogP contribution in [0.5, 0.6) is 0 Å². The zero-order chi connectivity index (χ0) is 27.7. The highest BCUT2D eigenvalue weighted by molar-refractivity contribution is 8.14. The van der Waals surface area contributed by atoms with Gasteiger partial charge in [0.1, 0.15) is 6.04 Å². The van der Waals surface area contributed by atoms with Gasteiger partial charge in [0.25, 0.3) is 0 Å². The molecule has 1 amide bonds. The molecule has 212 valence electrons. The van der Waals surface area contributed by atoms with Crippen LogP contribution < -0.4 is 5.32 Å². The van der Waals surface area contributed by atoms with Crippen molar-refractivity contribution in [3.8, 4) is 0 Å². The van der Waals surface area contributed by atoms with E-state index < -0.39 is 53.7 Å². The first-order chi connectivity index (χ1) is 17.6. The summed E-state index contributed by atoms with van der Waals surface area (Å²) in [5.41, 5.74) is 0. The normalized spacial score (nSPS) is 14.7. The van der Waals surface area contributed by atoms with Crippen LogP contribution in [0, 0.1) is 0 Å². The van der Waals surface area contributed by atoms with Gasteiger partial charge in [0, 0.05) is 25.9 Å². The Bertz CT molecular complexity index is 757. The molecule has 1 heterocycles. The minimum absolute atomic E-state index is 0.102. The molecule has 13 nitrogen and oxygen atoms in total. The predicted octanol–water partition coefficient (Wildman–Crippen LogP) is 2.21. The van der Waals surface area contributed by atoms with E-state index in [1.54, 1.807) is 13.8 Å². The summed E-state index contributed by atoms with van der Waals surface area (Å²) in [6.07, 6.45) is 0.584. The Hall–Kier alpha value is -2.58. The summed E-state index contributed by atoms with van der Waals surface area (Å²) < 4.78 is 28.5. The molecule has 0 aromatic rings. The van der Waals surface area contributed by atoms with Crippen LogP contribution in [0.1, 0.15) is 53.4 Å². The highest BCUT2D eigenvalue weighted by atomic mass is 32.2. The third-order valence-corrected chi connectivity index (χ3v) is 6.19. The number of thioether (sulfide) groups is 1. The van der Waals surface area contributed by atoms with Crippen LogP contribution in [0.25, 0.3) is 0 Å². The van der Waals surface area contributed by atoms with Crippen LogP contribution in [0.3, 0.4) is 0 Å². The summed E-state index contributed by atoms with van der Waals surface area (Å²) in [7, 11) is 0. The predicted molar refractivity (Wildman–Crippen MR) is 132 cm³/mol. The van der Waals surface area contributed by atoms with Crippen molar-refractivity contribution < 1.29 is 52.4 Å². The third-order valence-electron chi connectivity index (χ3n) is 5.14. The standard InChI is InChI=1S/C23H38N2O11S/c1-5-17(26)33-15-35-21(29)24-19(23(3,4)37-22(30)36-16-34-18(27)6-2)20(28)32-12-8-7-9-25-10-13-31-14-11-25/h19H,5-16H2,1-4H3,(H,24,29)/t19-/m0/s1. The molecule has 1 N–H and O–H groups in total. The number of rotatable bonds is 15. The summed E-state index contributed by atoms with van der Waals surface area (Å²) >= 11 is 0.607. The van der Waals surface area contributed by atoms with Gasteiger partial charge < -0.3 is 33.7 Å². The van der Waals surface area contributed by atoms with Gasteiger partial charge in [-0.3, -0.25) is 14.5 Å². The molecule has 0 bridgehead atoms. The molecule has 0 spiro atoms. The molecule has 0 saturated carbocycles. The number of nitrogens with one attached hydrogen (secondary N) is 1. The first-order valence-corrected chi connectivity index (χ1v) is 13.0. The largest absolute Gasteiger partial charge is 0.464 e. The summed E-state index contributed by atoms with van der Waals surface area (Å²) in [5.74, 6) is -1.89. The highest BCUT2D eigenvalue weighted by Crippen LogP contribution is 2.31. The highest BCUT2D eigenvalue weighted by Gasteiger charge is 2.41. The van der Waals surface area contributed by atoms with Gasteiger partial charge in [0.2, 0.25) is 13.6 Å². The Labute approximate surface area is 221 Å². The van der Waals surface area contributed by atoms with Gasteiger partial charge in [-0.2, -0.15) is 0 Å². The molecule has 1 aliphatic rings. The van der Waals surface area contributed by atoms with Crippen LogP contribution in [-0.4, -0.2) is 98.0 Å².